The average Bonchev–Trinajstić information content (AvgIpc) is 2.73. The van der Waals surface area contributed by atoms with Crippen molar-refractivity contribution in [2.45, 2.75) is 6.10 Å². The number of para-hydroxylation sites is 1. The number of rotatable bonds is 2. The quantitative estimate of drug-likeness (QED) is 0.725. The number of hydrogen-bond donors (Lipinski definition) is 1. The number of benzene rings is 3. The van der Waals surface area contributed by atoms with E-state index in [0.717, 1.165) is 28.0 Å². The highest BCUT2D eigenvalue weighted by atomic mass is 16.5. The highest BCUT2D eigenvalue weighted by Gasteiger charge is 2.26. The Morgan fingerprint density at radius 2 is 1.70 bits per heavy atom. The van der Waals surface area contributed by atoms with Gasteiger partial charge >= 0.3 is 0 Å². The molecular formula is C23H17NO3. The summed E-state index contributed by atoms with van der Waals surface area (Å²) in [5, 5.41) is 2.88. The molecular weight excluding hydrogens is 338 g/mol. The Bertz CT molecular complexity index is 1060. The average molecular weight is 355 g/mol. The third-order valence-corrected chi connectivity index (χ3v) is 4.81. The summed E-state index contributed by atoms with van der Waals surface area (Å²) in [6.45, 7) is 0.0537. The highest BCUT2D eigenvalue weighted by molar-refractivity contribution is 5.97. The maximum atomic E-state index is 11.7. The van der Waals surface area contributed by atoms with Crippen LogP contribution in [0.5, 0.6) is 11.5 Å². The fourth-order valence-corrected chi connectivity index (χ4v) is 3.51. The van der Waals surface area contributed by atoms with E-state index in [2.05, 4.69) is 23.5 Å². The summed E-state index contributed by atoms with van der Waals surface area (Å²) >= 11 is 0. The summed E-state index contributed by atoms with van der Waals surface area (Å²) in [4.78, 5) is 11.7. The zero-order chi connectivity index (χ0) is 18.2. The van der Waals surface area contributed by atoms with Crippen molar-refractivity contribution >= 4 is 23.2 Å². The molecule has 0 spiro atoms. The summed E-state index contributed by atoms with van der Waals surface area (Å²) < 4.78 is 11.8. The van der Waals surface area contributed by atoms with Crippen molar-refractivity contribution in [3.63, 3.8) is 0 Å². The normalized spacial score (nSPS) is 17.6. The van der Waals surface area contributed by atoms with E-state index in [-0.39, 0.29) is 18.6 Å². The SMILES string of the molecule is O=C1COc2ccc(C3=Cc4ccccc4OC3c3ccccc3)cc2N1. The molecule has 1 N–H and O–H groups in total. The molecule has 0 aliphatic carbocycles. The van der Waals surface area contributed by atoms with Crippen LogP contribution in [0.3, 0.4) is 0 Å². The molecule has 0 saturated heterocycles. The van der Waals surface area contributed by atoms with E-state index in [1.54, 1.807) is 0 Å². The first kappa shape index (κ1) is 15.7. The predicted molar refractivity (Wildman–Crippen MR) is 105 cm³/mol. The van der Waals surface area contributed by atoms with Gasteiger partial charge in [0.05, 0.1) is 5.69 Å². The fourth-order valence-electron chi connectivity index (χ4n) is 3.51. The molecule has 4 nitrogen and oxygen atoms in total. The van der Waals surface area contributed by atoms with Crippen molar-refractivity contribution in [3.05, 3.63) is 89.5 Å². The van der Waals surface area contributed by atoms with Crippen LogP contribution >= 0.6 is 0 Å². The largest absolute Gasteiger partial charge is 0.482 e. The second kappa shape index (κ2) is 6.32. The van der Waals surface area contributed by atoms with Gasteiger partial charge in [-0.05, 0) is 35.4 Å². The lowest BCUT2D eigenvalue weighted by Crippen LogP contribution is -2.25. The van der Waals surface area contributed by atoms with Crippen molar-refractivity contribution in [1.29, 1.82) is 0 Å². The molecule has 0 aromatic heterocycles. The van der Waals surface area contributed by atoms with Gasteiger partial charge in [0.15, 0.2) is 6.61 Å². The van der Waals surface area contributed by atoms with Crippen LogP contribution in [0.2, 0.25) is 0 Å². The molecule has 3 aromatic carbocycles. The second-order valence-electron chi connectivity index (χ2n) is 6.59. The van der Waals surface area contributed by atoms with Gasteiger partial charge in [0.2, 0.25) is 0 Å². The van der Waals surface area contributed by atoms with Crippen LogP contribution in [-0.4, -0.2) is 12.5 Å². The number of nitrogens with one attached hydrogen (secondary N) is 1. The Labute approximate surface area is 157 Å². The zero-order valence-electron chi connectivity index (χ0n) is 14.5. The van der Waals surface area contributed by atoms with Crippen LogP contribution in [0.25, 0.3) is 11.6 Å². The number of ether oxygens (including phenoxy) is 2. The van der Waals surface area contributed by atoms with Gasteiger partial charge in [-0.15, -0.1) is 0 Å². The first-order valence-corrected chi connectivity index (χ1v) is 8.87. The van der Waals surface area contributed by atoms with Crippen LogP contribution in [0.4, 0.5) is 5.69 Å². The standard InChI is InChI=1S/C23H17NO3/c25-22-14-26-21-11-10-16(13-19(21)24-22)18-12-17-8-4-5-9-20(17)27-23(18)15-6-2-1-3-7-15/h1-13,23H,14H2,(H,24,25). The van der Waals surface area contributed by atoms with Gasteiger partial charge in [-0.3, -0.25) is 4.79 Å². The molecule has 2 heterocycles. The molecule has 132 valence electrons. The first-order valence-electron chi connectivity index (χ1n) is 8.87. The maximum Gasteiger partial charge on any atom is 0.262 e. The zero-order valence-corrected chi connectivity index (χ0v) is 14.5. The van der Waals surface area contributed by atoms with Crippen LogP contribution in [0, 0.1) is 0 Å². The third-order valence-electron chi connectivity index (χ3n) is 4.81. The number of amides is 1. The highest BCUT2D eigenvalue weighted by Crippen LogP contribution is 2.43. The number of carbonyl (C=O) groups is 1. The molecule has 1 unspecified atom stereocenters. The van der Waals surface area contributed by atoms with Gasteiger partial charge in [-0.1, -0.05) is 54.6 Å². The molecule has 4 heteroatoms. The number of carbonyl (C=O) groups excluding carboxylic acids is 1. The molecule has 1 amide bonds. The van der Waals surface area contributed by atoms with E-state index < -0.39 is 0 Å². The van der Waals surface area contributed by atoms with Gasteiger partial charge in [0.25, 0.3) is 5.91 Å². The van der Waals surface area contributed by atoms with Gasteiger partial charge < -0.3 is 14.8 Å². The van der Waals surface area contributed by atoms with Crippen LogP contribution in [0.15, 0.2) is 72.8 Å². The van der Waals surface area contributed by atoms with Crippen molar-refractivity contribution in [3.8, 4) is 11.5 Å². The van der Waals surface area contributed by atoms with Gasteiger partial charge in [-0.2, -0.15) is 0 Å². The molecule has 3 aromatic rings. The monoisotopic (exact) mass is 355 g/mol. The fraction of sp³-hybridized carbons (Fsp3) is 0.0870. The molecule has 0 bridgehead atoms. The van der Waals surface area contributed by atoms with E-state index in [4.69, 9.17) is 9.47 Å². The topological polar surface area (TPSA) is 47.6 Å². The summed E-state index contributed by atoms with van der Waals surface area (Å²) in [6, 6.07) is 24.0. The Hall–Kier alpha value is -3.53. The third kappa shape index (κ3) is 2.85. The van der Waals surface area contributed by atoms with E-state index in [1.165, 1.54) is 0 Å². The smallest absolute Gasteiger partial charge is 0.262 e. The number of anilines is 1. The second-order valence-corrected chi connectivity index (χ2v) is 6.59. The van der Waals surface area contributed by atoms with Crippen LogP contribution in [-0.2, 0) is 4.79 Å². The summed E-state index contributed by atoms with van der Waals surface area (Å²) in [6.07, 6.45) is 1.93. The Kier molecular flexibility index (Phi) is 3.68. The minimum Gasteiger partial charge on any atom is -0.482 e. The van der Waals surface area contributed by atoms with Gasteiger partial charge in [0.1, 0.15) is 17.6 Å². The Morgan fingerprint density at radius 1 is 0.889 bits per heavy atom. The summed E-state index contributed by atoms with van der Waals surface area (Å²) in [5.41, 5.74) is 4.84. The molecule has 0 radical (unpaired) electrons. The van der Waals surface area contributed by atoms with Crippen molar-refractivity contribution < 1.29 is 14.3 Å². The van der Waals surface area contributed by atoms with E-state index in [1.807, 2.05) is 60.7 Å². The molecule has 2 aliphatic rings. The lowest BCUT2D eigenvalue weighted by molar-refractivity contribution is -0.118. The first-order chi connectivity index (χ1) is 13.3. The minimum atomic E-state index is -0.223. The van der Waals surface area contributed by atoms with E-state index in [9.17, 15) is 4.79 Å². The van der Waals surface area contributed by atoms with Gasteiger partial charge in [-0.25, -0.2) is 0 Å². The lowest BCUT2D eigenvalue weighted by atomic mass is 9.90. The summed E-state index contributed by atoms with van der Waals surface area (Å²) in [7, 11) is 0. The van der Waals surface area contributed by atoms with Crippen molar-refractivity contribution in [1.82, 2.24) is 0 Å². The molecule has 0 fully saturated rings. The molecule has 0 saturated carbocycles. The Morgan fingerprint density at radius 3 is 2.59 bits per heavy atom. The van der Waals surface area contributed by atoms with E-state index in [0.29, 0.717) is 11.4 Å². The number of fused-ring (bicyclic) bond motifs is 2. The van der Waals surface area contributed by atoms with Crippen LogP contribution < -0.4 is 14.8 Å². The van der Waals surface area contributed by atoms with Crippen molar-refractivity contribution in [2.75, 3.05) is 11.9 Å². The molecule has 1 atom stereocenters. The molecule has 5 rings (SSSR count). The van der Waals surface area contributed by atoms with Gasteiger partial charge in [0, 0.05) is 11.1 Å². The predicted octanol–water partition coefficient (Wildman–Crippen LogP) is 4.69. The molecule has 27 heavy (non-hydrogen) atoms. The number of hydrogen-bond acceptors (Lipinski definition) is 3. The van der Waals surface area contributed by atoms with E-state index >= 15 is 0 Å². The van der Waals surface area contributed by atoms with Crippen molar-refractivity contribution in [2.24, 2.45) is 0 Å². The van der Waals surface area contributed by atoms with Crippen LogP contribution in [0.1, 0.15) is 22.8 Å². The summed E-state index contributed by atoms with van der Waals surface area (Å²) in [5.74, 6) is 1.41. The maximum absolute atomic E-state index is 11.7. The minimum absolute atomic E-state index is 0.0537. The lowest BCUT2D eigenvalue weighted by Gasteiger charge is -2.29. The Balaban J connectivity index is 1.64. The molecule has 2 aliphatic heterocycles.